The van der Waals surface area contributed by atoms with E-state index in [1.807, 2.05) is 18.5 Å². The Morgan fingerprint density at radius 2 is 2.24 bits per heavy atom. The van der Waals surface area contributed by atoms with Crippen molar-refractivity contribution in [2.45, 2.75) is 68.7 Å². The standard InChI is InChI=1S/C19H29N3O5S2/c1-12-8-15(21-29(3,24)25)16(22(12)18(23)26-2)11-27-14-4-5-19(10-13(19)9-14)17-20-6-7-28-17/h6-7,12-16,21H,4-5,8-11H2,1-3H3/t12-,13-,14+,15+,16+,19-/m1/s1. The van der Waals surface area contributed by atoms with Crippen LogP contribution >= 0.6 is 11.3 Å². The van der Waals surface area contributed by atoms with Crippen molar-refractivity contribution in [3.63, 3.8) is 0 Å². The van der Waals surface area contributed by atoms with Crippen LogP contribution in [0.4, 0.5) is 4.79 Å². The zero-order chi connectivity index (χ0) is 20.8. The number of rotatable bonds is 6. The predicted octanol–water partition coefficient (Wildman–Crippen LogP) is 2.12. The van der Waals surface area contributed by atoms with Crippen LogP contribution in [0, 0.1) is 5.92 Å². The number of nitrogens with zero attached hydrogens (tertiary/aromatic N) is 2. The Morgan fingerprint density at radius 1 is 1.45 bits per heavy atom. The maximum Gasteiger partial charge on any atom is 0.410 e. The average molecular weight is 444 g/mol. The Labute approximate surface area is 176 Å². The van der Waals surface area contributed by atoms with E-state index in [-0.39, 0.29) is 29.6 Å². The maximum atomic E-state index is 12.3. The molecule has 1 saturated heterocycles. The minimum atomic E-state index is -3.39. The van der Waals surface area contributed by atoms with Crippen LogP contribution in [0.2, 0.25) is 0 Å². The Bertz CT molecular complexity index is 846. The minimum absolute atomic E-state index is 0.123. The Morgan fingerprint density at radius 3 is 2.86 bits per heavy atom. The van der Waals surface area contributed by atoms with Crippen molar-refractivity contribution in [2.75, 3.05) is 20.0 Å². The van der Waals surface area contributed by atoms with Crippen LogP contribution in [-0.2, 0) is 24.9 Å². The average Bonchev–Trinajstić information content (AvgIpc) is 2.98. The number of ether oxygens (including phenoxy) is 2. The molecule has 3 aliphatic rings. The highest BCUT2D eigenvalue weighted by Gasteiger charge is 2.59. The number of sulfonamides is 1. The van der Waals surface area contributed by atoms with Gasteiger partial charge in [-0.05, 0) is 44.9 Å². The van der Waals surface area contributed by atoms with E-state index >= 15 is 0 Å². The third-order valence-electron chi connectivity index (χ3n) is 6.70. The SMILES string of the molecule is COC(=O)N1[C@H](C)C[C@H](NS(C)(=O)=O)[C@@H]1CO[C@H]1CC[C@@]2(c3nccs3)C[C@H]2C1. The number of thiazole rings is 1. The van der Waals surface area contributed by atoms with Crippen molar-refractivity contribution in [3.05, 3.63) is 16.6 Å². The Hall–Kier alpha value is -1.23. The van der Waals surface area contributed by atoms with Gasteiger partial charge in [-0.2, -0.15) is 0 Å². The van der Waals surface area contributed by atoms with E-state index < -0.39 is 16.1 Å². The van der Waals surface area contributed by atoms with Crippen molar-refractivity contribution in [1.82, 2.24) is 14.6 Å². The summed E-state index contributed by atoms with van der Waals surface area (Å²) in [5, 5.41) is 3.29. The highest BCUT2D eigenvalue weighted by molar-refractivity contribution is 7.88. The van der Waals surface area contributed by atoms with Gasteiger partial charge in [0.15, 0.2) is 0 Å². The van der Waals surface area contributed by atoms with Gasteiger partial charge in [0.05, 0.1) is 37.1 Å². The number of aromatic nitrogens is 1. The molecule has 1 N–H and O–H groups in total. The number of likely N-dealkylation sites (tertiary alicyclic amines) is 1. The summed E-state index contributed by atoms with van der Waals surface area (Å²) in [4.78, 5) is 18.4. The van der Waals surface area contributed by atoms with E-state index in [0.717, 1.165) is 25.5 Å². The number of carbonyl (C=O) groups excluding carboxylic acids is 1. The monoisotopic (exact) mass is 443 g/mol. The second-order valence-electron chi connectivity index (χ2n) is 8.65. The van der Waals surface area contributed by atoms with Gasteiger partial charge in [0.2, 0.25) is 10.0 Å². The van der Waals surface area contributed by atoms with Gasteiger partial charge in [-0.3, -0.25) is 4.90 Å². The molecule has 0 aromatic carbocycles. The van der Waals surface area contributed by atoms with Crippen LogP contribution in [0.1, 0.15) is 44.0 Å². The molecule has 0 unspecified atom stereocenters. The molecular weight excluding hydrogens is 414 g/mol. The molecule has 162 valence electrons. The van der Waals surface area contributed by atoms with Gasteiger partial charge in [-0.15, -0.1) is 11.3 Å². The summed E-state index contributed by atoms with van der Waals surface area (Å²) >= 11 is 1.74. The molecule has 1 aromatic heterocycles. The van der Waals surface area contributed by atoms with Crippen LogP contribution in [0.25, 0.3) is 0 Å². The fourth-order valence-corrected chi connectivity index (χ4v) is 7.01. The van der Waals surface area contributed by atoms with Crippen LogP contribution in [0.5, 0.6) is 0 Å². The maximum absolute atomic E-state index is 12.3. The molecule has 1 aliphatic heterocycles. The molecule has 10 heteroatoms. The van der Waals surface area contributed by atoms with Gasteiger partial charge in [0, 0.05) is 29.1 Å². The highest BCUT2D eigenvalue weighted by atomic mass is 32.2. The molecule has 1 amide bonds. The lowest BCUT2D eigenvalue weighted by Gasteiger charge is -2.32. The van der Waals surface area contributed by atoms with E-state index in [0.29, 0.717) is 18.9 Å². The largest absolute Gasteiger partial charge is 0.453 e. The van der Waals surface area contributed by atoms with E-state index in [9.17, 15) is 13.2 Å². The summed E-state index contributed by atoms with van der Waals surface area (Å²) < 4.78 is 37.4. The van der Waals surface area contributed by atoms with Crippen LogP contribution in [0.3, 0.4) is 0 Å². The zero-order valence-electron chi connectivity index (χ0n) is 17.0. The first-order valence-corrected chi connectivity index (χ1v) is 12.9. The third kappa shape index (κ3) is 4.17. The smallest absolute Gasteiger partial charge is 0.410 e. The topological polar surface area (TPSA) is 97.8 Å². The third-order valence-corrected chi connectivity index (χ3v) is 8.42. The van der Waals surface area contributed by atoms with Crippen LogP contribution in [-0.4, -0.2) is 68.6 Å². The number of hydrogen-bond donors (Lipinski definition) is 1. The Kier molecular flexibility index (Phi) is 5.65. The van der Waals surface area contributed by atoms with Crippen molar-refractivity contribution in [2.24, 2.45) is 5.92 Å². The Balaban J connectivity index is 1.39. The van der Waals surface area contributed by atoms with E-state index in [2.05, 4.69) is 9.71 Å². The fraction of sp³-hybridized carbons (Fsp3) is 0.789. The summed E-state index contributed by atoms with van der Waals surface area (Å²) in [7, 11) is -2.04. The second kappa shape index (κ2) is 7.79. The first-order chi connectivity index (χ1) is 13.7. The molecule has 8 nitrogen and oxygen atoms in total. The van der Waals surface area contributed by atoms with E-state index in [1.165, 1.54) is 18.5 Å². The highest BCUT2D eigenvalue weighted by Crippen LogP contribution is 2.63. The number of fused-ring (bicyclic) bond motifs is 1. The summed E-state index contributed by atoms with van der Waals surface area (Å²) in [6.07, 6.45) is 7.44. The first-order valence-electron chi connectivity index (χ1n) is 10.1. The summed E-state index contributed by atoms with van der Waals surface area (Å²) in [6, 6.07) is -0.877. The van der Waals surface area contributed by atoms with Gasteiger partial charge in [0.1, 0.15) is 0 Å². The molecule has 0 bridgehead atoms. The van der Waals surface area contributed by atoms with Crippen molar-refractivity contribution >= 4 is 27.5 Å². The number of amides is 1. The lowest BCUT2D eigenvalue weighted by Crippen LogP contribution is -2.50. The first kappa shape index (κ1) is 21.0. The molecule has 6 atom stereocenters. The molecule has 0 radical (unpaired) electrons. The van der Waals surface area contributed by atoms with Gasteiger partial charge in [-0.25, -0.2) is 22.9 Å². The van der Waals surface area contributed by atoms with Gasteiger partial charge < -0.3 is 9.47 Å². The lowest BCUT2D eigenvalue weighted by atomic mass is 9.87. The molecule has 2 aliphatic carbocycles. The molecule has 1 aromatic rings. The quantitative estimate of drug-likeness (QED) is 0.723. The van der Waals surface area contributed by atoms with Crippen molar-refractivity contribution in [3.8, 4) is 0 Å². The van der Waals surface area contributed by atoms with Gasteiger partial charge >= 0.3 is 6.09 Å². The zero-order valence-corrected chi connectivity index (χ0v) is 18.7. The molecule has 3 fully saturated rings. The normalized spacial score (nSPS) is 36.7. The summed E-state index contributed by atoms with van der Waals surface area (Å²) in [6.45, 7) is 2.20. The van der Waals surface area contributed by atoms with Crippen molar-refractivity contribution in [1.29, 1.82) is 0 Å². The number of nitrogens with one attached hydrogen (secondary N) is 1. The fourth-order valence-electron chi connectivity index (χ4n) is 5.25. The van der Waals surface area contributed by atoms with Crippen LogP contribution in [0.15, 0.2) is 11.6 Å². The van der Waals surface area contributed by atoms with E-state index in [1.54, 1.807) is 16.2 Å². The van der Waals surface area contributed by atoms with Crippen LogP contribution < -0.4 is 4.72 Å². The lowest BCUT2D eigenvalue weighted by molar-refractivity contribution is -0.00993. The molecule has 0 spiro atoms. The number of carbonyl (C=O) groups is 1. The second-order valence-corrected chi connectivity index (χ2v) is 11.3. The molecular formula is C19H29N3O5S2. The summed E-state index contributed by atoms with van der Waals surface area (Å²) in [5.41, 5.74) is 0.258. The predicted molar refractivity (Wildman–Crippen MR) is 109 cm³/mol. The molecule has 2 saturated carbocycles. The summed E-state index contributed by atoms with van der Waals surface area (Å²) in [5.74, 6) is 0.608. The number of hydrogen-bond acceptors (Lipinski definition) is 7. The molecule has 4 rings (SSSR count). The number of methoxy groups -OCH3 is 1. The van der Waals surface area contributed by atoms with Gasteiger partial charge in [0.25, 0.3) is 0 Å². The molecule has 2 heterocycles. The van der Waals surface area contributed by atoms with Crippen molar-refractivity contribution < 1.29 is 22.7 Å². The minimum Gasteiger partial charge on any atom is -0.453 e. The van der Waals surface area contributed by atoms with Gasteiger partial charge in [-0.1, -0.05) is 0 Å². The molecule has 29 heavy (non-hydrogen) atoms. The van der Waals surface area contributed by atoms with E-state index in [4.69, 9.17) is 9.47 Å².